The Labute approximate surface area is 539 Å². The van der Waals surface area contributed by atoms with E-state index in [1.807, 2.05) is 0 Å². The molecule has 2 heterocycles. The normalized spacial score (nSPS) is 23.0. The van der Waals surface area contributed by atoms with E-state index in [-0.39, 0.29) is 44.9 Å². The average molecular weight is 1320 g/mol. The Morgan fingerprint density at radius 2 is 0.921 bits per heavy atom. The summed E-state index contributed by atoms with van der Waals surface area (Å²) in [5.41, 5.74) is 0. The Morgan fingerprint density at radius 3 is 1.42 bits per heavy atom. The minimum absolute atomic E-state index is 0.0615. The molecular weight excluding hydrogens is 1180 g/mol. The van der Waals surface area contributed by atoms with Crippen molar-refractivity contribution in [3.8, 4) is 0 Å². The predicted molar refractivity (Wildman–Crippen MR) is 350 cm³/mol. The average Bonchev–Trinajstić information content (AvgIpc) is 1.01. The van der Waals surface area contributed by atoms with E-state index in [2.05, 4.69) is 45.2 Å². The highest BCUT2D eigenvalue weighted by molar-refractivity contribution is 7.46. The Kier molecular flexibility index (Phi) is 52.2. The van der Waals surface area contributed by atoms with Crippen molar-refractivity contribution in [2.75, 3.05) is 54.0 Å². The highest BCUT2D eigenvalue weighted by atomic mass is 31.2. The molecule has 11 atom stereocenters. The van der Waals surface area contributed by atoms with Gasteiger partial charge in [0, 0.05) is 40.5 Å². The van der Waals surface area contributed by atoms with E-state index in [0.29, 0.717) is 25.7 Å². The Bertz CT molecular complexity index is 1760. The van der Waals surface area contributed by atoms with E-state index in [4.69, 9.17) is 51.7 Å². The number of nitrogens with one attached hydrogen (secondary N) is 1. The van der Waals surface area contributed by atoms with Gasteiger partial charge in [0.25, 0.3) is 0 Å². The van der Waals surface area contributed by atoms with Crippen molar-refractivity contribution < 1.29 is 90.3 Å². The van der Waals surface area contributed by atoms with Gasteiger partial charge in [-0.2, -0.15) is 0 Å². The number of carbonyl (C=O) groups is 1. The van der Waals surface area contributed by atoms with Gasteiger partial charge in [-0.15, -0.1) is 0 Å². The van der Waals surface area contributed by atoms with E-state index in [0.717, 1.165) is 128 Å². The topological polar surface area (TPSA) is 266 Å². The zero-order chi connectivity index (χ0) is 65.1. The number of rotatable bonds is 62. The first-order valence-electron chi connectivity index (χ1n) is 35.6. The SMILES string of the molecule is CCCCCC/C=C\CCCCCCCCCC(=O)N[C@H]1[C@H](OC[C@H]2O[C@H](OCOP(=O)(O)O)[C@H](OCCCCCCCCCCCC)[C@@H](OCCCCCCCCCCCC)[C@@H]2O)O[C@H](COC)[C@@H](OP(=O)(O)O)[C@@H]1OCC[C@@H](CCCCCCC)OC. The Hall–Kier alpha value is -0.970. The molecule has 2 rings (SSSR count). The van der Waals surface area contributed by atoms with E-state index in [1.54, 1.807) is 7.11 Å². The number of unbranched alkanes of at least 4 members (excludes halogenated alkanes) is 33. The molecule has 89 heavy (non-hydrogen) atoms. The molecule has 1 amide bonds. The van der Waals surface area contributed by atoms with Gasteiger partial charge in [0.15, 0.2) is 19.4 Å². The fourth-order valence-corrected chi connectivity index (χ4v) is 12.6. The molecule has 6 N–H and O–H groups in total. The second-order valence-corrected chi connectivity index (χ2v) is 27.4. The van der Waals surface area contributed by atoms with Gasteiger partial charge in [0.1, 0.15) is 48.8 Å². The first-order chi connectivity index (χ1) is 43.1. The molecule has 0 aromatic carbocycles. The first kappa shape index (κ1) is 84.1. The number of hydrogen-bond donors (Lipinski definition) is 6. The van der Waals surface area contributed by atoms with Crippen LogP contribution >= 0.6 is 15.6 Å². The minimum Gasteiger partial charge on any atom is -0.387 e. The van der Waals surface area contributed by atoms with Crippen LogP contribution in [-0.4, -0.2) is 152 Å². The largest absolute Gasteiger partial charge is 0.471 e. The molecule has 20 nitrogen and oxygen atoms in total. The van der Waals surface area contributed by atoms with Gasteiger partial charge < -0.3 is 72.6 Å². The molecular formula is C67H131NO19P2. The maximum Gasteiger partial charge on any atom is 0.471 e. The lowest BCUT2D eigenvalue weighted by molar-refractivity contribution is -0.337. The third-order valence-electron chi connectivity index (χ3n) is 17.1. The third-order valence-corrected chi connectivity index (χ3v) is 18.0. The van der Waals surface area contributed by atoms with Crippen LogP contribution in [0.1, 0.15) is 291 Å². The molecule has 0 aliphatic carbocycles. The number of amides is 1. The fourth-order valence-electron chi connectivity index (χ4n) is 11.8. The van der Waals surface area contributed by atoms with Crippen LogP contribution < -0.4 is 5.32 Å². The first-order valence-corrected chi connectivity index (χ1v) is 38.7. The molecule has 2 fully saturated rings. The van der Waals surface area contributed by atoms with E-state index < -0.39 is 90.4 Å². The number of phosphoric acid groups is 2. The van der Waals surface area contributed by atoms with Crippen LogP contribution in [0.25, 0.3) is 0 Å². The van der Waals surface area contributed by atoms with Crippen LogP contribution in [-0.2, 0) is 65.6 Å². The lowest BCUT2D eigenvalue weighted by Gasteiger charge is -2.47. The summed E-state index contributed by atoms with van der Waals surface area (Å²) in [6, 6.07) is -1.22. The van der Waals surface area contributed by atoms with Crippen molar-refractivity contribution in [3.05, 3.63) is 12.2 Å². The van der Waals surface area contributed by atoms with Gasteiger partial charge in [-0.3, -0.25) is 13.8 Å². The number of methoxy groups -OCH3 is 2. The third kappa shape index (κ3) is 43.0. The number of hydrogen-bond acceptors (Lipinski definition) is 15. The summed E-state index contributed by atoms with van der Waals surface area (Å²) >= 11 is 0. The van der Waals surface area contributed by atoms with Crippen molar-refractivity contribution in [2.45, 2.75) is 358 Å². The van der Waals surface area contributed by atoms with E-state index in [9.17, 15) is 38.6 Å². The lowest BCUT2D eigenvalue weighted by atomic mass is 9.95. The summed E-state index contributed by atoms with van der Waals surface area (Å²) < 4.78 is 91.4. The second-order valence-electron chi connectivity index (χ2n) is 25.0. The molecule has 0 spiro atoms. The standard InChI is InChI=1S/C67H131NO19P2/c1-7-11-15-19-22-25-28-29-30-31-32-33-36-40-44-48-59(69)68-60-63(81-52-49-56(78-6)47-43-39-18-14-10-4)62(87-89(74,75)76)58(53-77-5)86-66(60)82-54-57-61(70)64(79-50-45-41-37-34-26-23-20-16-12-8-2)65(67(85-57)83-55-84-88(71,72)73)80-51-46-42-38-35-27-24-21-17-13-9-3/h25,28,56-58,60-67,70H,7-24,26-27,29-55H2,1-6H3,(H,68,69)(H2,71,72,73)(H2,74,75,76)/b28-25-/t56-,57-,58-,60-,61-,62-,63-,64+,65-,66-,67+/m1/s1. The number of aliphatic hydroxyl groups excluding tert-OH is 1. The van der Waals surface area contributed by atoms with Gasteiger partial charge in [-0.25, -0.2) is 9.13 Å². The second kappa shape index (κ2) is 55.2. The Balaban J connectivity index is 2.44. The fraction of sp³-hybridized carbons (Fsp3) is 0.955. The molecule has 528 valence electrons. The van der Waals surface area contributed by atoms with E-state index in [1.165, 1.54) is 110 Å². The van der Waals surface area contributed by atoms with Crippen molar-refractivity contribution in [3.63, 3.8) is 0 Å². The van der Waals surface area contributed by atoms with Crippen LogP contribution in [0.5, 0.6) is 0 Å². The predicted octanol–water partition coefficient (Wildman–Crippen LogP) is 15.3. The smallest absolute Gasteiger partial charge is 0.387 e. The van der Waals surface area contributed by atoms with Crippen LogP contribution in [0, 0.1) is 0 Å². The van der Waals surface area contributed by atoms with Crippen molar-refractivity contribution in [1.29, 1.82) is 0 Å². The molecule has 0 saturated carbocycles. The molecule has 2 saturated heterocycles. The number of ether oxygens (including phenoxy) is 9. The number of phosphoric ester groups is 2. The van der Waals surface area contributed by atoms with Gasteiger partial charge in [0.2, 0.25) is 5.91 Å². The van der Waals surface area contributed by atoms with Gasteiger partial charge in [-0.1, -0.05) is 239 Å². The maximum atomic E-state index is 14.2. The molecule has 2 aliphatic rings. The minimum atomic E-state index is -5.22. The van der Waals surface area contributed by atoms with Crippen molar-refractivity contribution >= 4 is 21.6 Å². The maximum absolute atomic E-state index is 14.2. The summed E-state index contributed by atoms with van der Waals surface area (Å²) in [6.45, 7) is 7.92. The highest BCUT2D eigenvalue weighted by Gasteiger charge is 2.53. The summed E-state index contributed by atoms with van der Waals surface area (Å²) in [5, 5.41) is 15.4. The monoisotopic (exact) mass is 1320 g/mol. The zero-order valence-corrected chi connectivity index (χ0v) is 58.4. The van der Waals surface area contributed by atoms with Gasteiger partial charge in [-0.05, 0) is 57.8 Å². The quantitative estimate of drug-likeness (QED) is 0.0143. The molecule has 0 aromatic rings. The van der Waals surface area contributed by atoms with Crippen LogP contribution in [0.3, 0.4) is 0 Å². The lowest BCUT2D eigenvalue weighted by Crippen LogP contribution is -2.67. The summed E-state index contributed by atoms with van der Waals surface area (Å²) in [5.74, 6) is -0.362. The van der Waals surface area contributed by atoms with Crippen molar-refractivity contribution in [1.82, 2.24) is 5.32 Å². The van der Waals surface area contributed by atoms with Crippen LogP contribution in [0.15, 0.2) is 12.2 Å². The van der Waals surface area contributed by atoms with E-state index >= 15 is 0 Å². The molecule has 0 bridgehead atoms. The molecule has 2 aliphatic heterocycles. The summed E-state index contributed by atoms with van der Waals surface area (Å²) in [6.07, 6.45) is 36.3. The van der Waals surface area contributed by atoms with Crippen molar-refractivity contribution in [2.24, 2.45) is 0 Å². The van der Waals surface area contributed by atoms with Gasteiger partial charge >= 0.3 is 15.6 Å². The number of aliphatic hydroxyl groups is 1. The molecule has 22 heteroatoms. The number of allylic oxidation sites excluding steroid dienone is 2. The Morgan fingerprint density at radius 1 is 0.472 bits per heavy atom. The van der Waals surface area contributed by atoms with Crippen LogP contribution in [0.2, 0.25) is 0 Å². The summed E-state index contributed by atoms with van der Waals surface area (Å²) in [4.78, 5) is 54.2. The van der Waals surface area contributed by atoms with Crippen LogP contribution in [0.4, 0.5) is 0 Å². The molecule has 0 unspecified atom stereocenters. The number of carbonyl (C=O) groups excluding carboxylic acids is 1. The summed E-state index contributed by atoms with van der Waals surface area (Å²) in [7, 11) is -7.16. The molecule has 0 aromatic heterocycles. The van der Waals surface area contributed by atoms with Gasteiger partial charge in [0.05, 0.1) is 19.3 Å². The molecule has 0 radical (unpaired) electrons. The highest BCUT2D eigenvalue weighted by Crippen LogP contribution is 2.43. The zero-order valence-electron chi connectivity index (χ0n) is 56.6.